The van der Waals surface area contributed by atoms with Gasteiger partial charge in [-0.3, -0.25) is 9.59 Å². The van der Waals surface area contributed by atoms with Gasteiger partial charge in [-0.15, -0.1) is 0 Å². The first-order valence-corrected chi connectivity index (χ1v) is 6.97. The van der Waals surface area contributed by atoms with Crippen molar-refractivity contribution in [1.29, 1.82) is 0 Å². The minimum atomic E-state index is -0.841. The molecule has 20 heavy (non-hydrogen) atoms. The summed E-state index contributed by atoms with van der Waals surface area (Å²) in [5.41, 5.74) is 1.65. The van der Waals surface area contributed by atoms with Gasteiger partial charge in [0.2, 0.25) is 5.91 Å². The Hall–Kier alpha value is -2.04. The number of amides is 1. The number of fused-ring (bicyclic) bond motifs is 1. The molecule has 0 saturated carbocycles. The Morgan fingerprint density at radius 1 is 1.40 bits per heavy atom. The van der Waals surface area contributed by atoms with Crippen molar-refractivity contribution in [2.45, 2.75) is 25.7 Å². The van der Waals surface area contributed by atoms with Crippen molar-refractivity contribution in [1.82, 2.24) is 5.32 Å². The number of nitrogens with zero attached hydrogens (tertiary/aromatic N) is 1. The molecule has 5 heteroatoms. The SMILES string of the molecule is CCCCNC(=O)CN1CC(C(=O)O)c2ccccc21. The molecule has 1 aromatic rings. The lowest BCUT2D eigenvalue weighted by Gasteiger charge is -2.18. The van der Waals surface area contributed by atoms with Gasteiger partial charge in [0.05, 0.1) is 6.54 Å². The van der Waals surface area contributed by atoms with Crippen LogP contribution in [0.4, 0.5) is 5.69 Å². The first-order valence-electron chi connectivity index (χ1n) is 6.97. The summed E-state index contributed by atoms with van der Waals surface area (Å²) in [6.07, 6.45) is 1.99. The number of carboxylic acid groups (broad SMARTS) is 1. The van der Waals surface area contributed by atoms with Crippen LogP contribution in [-0.4, -0.2) is 36.6 Å². The second-order valence-electron chi connectivity index (χ2n) is 5.03. The number of benzene rings is 1. The number of unbranched alkanes of at least 4 members (excludes halogenated alkanes) is 1. The van der Waals surface area contributed by atoms with Crippen LogP contribution in [0.5, 0.6) is 0 Å². The smallest absolute Gasteiger partial charge is 0.312 e. The second kappa shape index (κ2) is 6.41. The van der Waals surface area contributed by atoms with Crippen LogP contribution >= 0.6 is 0 Å². The zero-order chi connectivity index (χ0) is 14.5. The average Bonchev–Trinajstić information content (AvgIpc) is 2.78. The maximum atomic E-state index is 11.9. The summed E-state index contributed by atoms with van der Waals surface area (Å²) in [6, 6.07) is 7.39. The van der Waals surface area contributed by atoms with Gasteiger partial charge >= 0.3 is 5.97 Å². The van der Waals surface area contributed by atoms with E-state index in [-0.39, 0.29) is 12.5 Å². The lowest BCUT2D eigenvalue weighted by molar-refractivity contribution is -0.138. The highest BCUT2D eigenvalue weighted by Crippen LogP contribution is 2.35. The number of hydrogen-bond acceptors (Lipinski definition) is 3. The number of carbonyl (C=O) groups is 2. The fourth-order valence-corrected chi connectivity index (χ4v) is 2.48. The Kier molecular flexibility index (Phi) is 4.61. The summed E-state index contributed by atoms with van der Waals surface area (Å²) in [7, 11) is 0. The lowest BCUT2D eigenvalue weighted by atomic mass is 10.0. The zero-order valence-electron chi connectivity index (χ0n) is 11.6. The molecule has 0 bridgehead atoms. The Balaban J connectivity index is 2.03. The van der Waals surface area contributed by atoms with Crippen LogP contribution in [0.15, 0.2) is 24.3 Å². The molecule has 1 aliphatic heterocycles. The van der Waals surface area contributed by atoms with Crippen LogP contribution in [0.1, 0.15) is 31.2 Å². The fraction of sp³-hybridized carbons (Fsp3) is 0.467. The molecule has 0 aromatic heterocycles. The van der Waals surface area contributed by atoms with Gasteiger partial charge < -0.3 is 15.3 Å². The van der Waals surface area contributed by atoms with Gasteiger partial charge in [-0.25, -0.2) is 0 Å². The van der Waals surface area contributed by atoms with E-state index in [1.165, 1.54) is 0 Å². The van der Waals surface area contributed by atoms with Crippen molar-refractivity contribution >= 4 is 17.6 Å². The molecule has 0 radical (unpaired) electrons. The number of hydrogen-bond donors (Lipinski definition) is 2. The van der Waals surface area contributed by atoms with E-state index in [1.54, 1.807) is 0 Å². The predicted molar refractivity (Wildman–Crippen MR) is 76.9 cm³/mol. The van der Waals surface area contributed by atoms with Gasteiger partial charge in [-0.05, 0) is 18.1 Å². The van der Waals surface area contributed by atoms with Gasteiger partial charge in [-0.1, -0.05) is 31.5 Å². The Morgan fingerprint density at radius 3 is 2.85 bits per heavy atom. The van der Waals surface area contributed by atoms with Crippen LogP contribution in [-0.2, 0) is 9.59 Å². The van der Waals surface area contributed by atoms with E-state index in [1.807, 2.05) is 29.2 Å². The largest absolute Gasteiger partial charge is 0.481 e. The second-order valence-corrected chi connectivity index (χ2v) is 5.03. The number of aliphatic carboxylic acids is 1. The Labute approximate surface area is 118 Å². The van der Waals surface area contributed by atoms with Crippen molar-refractivity contribution in [3.05, 3.63) is 29.8 Å². The molecule has 1 amide bonds. The molecular weight excluding hydrogens is 256 g/mol. The maximum Gasteiger partial charge on any atom is 0.312 e. The zero-order valence-corrected chi connectivity index (χ0v) is 11.6. The predicted octanol–water partition coefficient (Wildman–Crippen LogP) is 1.59. The summed E-state index contributed by atoms with van der Waals surface area (Å²) in [6.45, 7) is 3.31. The van der Waals surface area contributed by atoms with Crippen LogP contribution in [0, 0.1) is 0 Å². The van der Waals surface area contributed by atoms with Gasteiger partial charge in [-0.2, -0.15) is 0 Å². The molecule has 1 atom stereocenters. The molecule has 2 N–H and O–H groups in total. The maximum absolute atomic E-state index is 11.9. The lowest BCUT2D eigenvalue weighted by Crippen LogP contribution is -2.37. The van der Waals surface area contributed by atoms with Crippen molar-refractivity contribution in [3.63, 3.8) is 0 Å². The minimum absolute atomic E-state index is 0.0562. The molecule has 0 spiro atoms. The molecule has 2 rings (SSSR count). The van der Waals surface area contributed by atoms with Crippen molar-refractivity contribution in [2.24, 2.45) is 0 Å². The van der Waals surface area contributed by atoms with Crippen LogP contribution in [0.25, 0.3) is 0 Å². The van der Waals surface area contributed by atoms with Crippen molar-refractivity contribution < 1.29 is 14.7 Å². The molecule has 1 heterocycles. The Bertz CT molecular complexity index is 502. The molecule has 1 aliphatic rings. The number of rotatable bonds is 6. The first kappa shape index (κ1) is 14.4. The molecule has 5 nitrogen and oxygen atoms in total. The highest BCUT2D eigenvalue weighted by molar-refractivity contribution is 5.87. The van der Waals surface area contributed by atoms with E-state index in [9.17, 15) is 14.7 Å². The third-order valence-electron chi connectivity index (χ3n) is 3.54. The molecular formula is C15H20N2O3. The van der Waals surface area contributed by atoms with Crippen LogP contribution in [0.3, 0.4) is 0 Å². The third-order valence-corrected chi connectivity index (χ3v) is 3.54. The third kappa shape index (κ3) is 3.10. The average molecular weight is 276 g/mol. The summed E-state index contributed by atoms with van der Waals surface area (Å²) in [5, 5.41) is 12.1. The summed E-state index contributed by atoms with van der Waals surface area (Å²) < 4.78 is 0. The van der Waals surface area contributed by atoms with Gasteiger partial charge in [0.25, 0.3) is 0 Å². The van der Waals surface area contributed by atoms with Crippen molar-refractivity contribution in [2.75, 3.05) is 24.5 Å². The number of carboxylic acids is 1. The molecule has 0 saturated heterocycles. The Morgan fingerprint density at radius 2 is 2.15 bits per heavy atom. The van der Waals surface area contributed by atoms with Gasteiger partial charge in [0.1, 0.15) is 5.92 Å². The van der Waals surface area contributed by atoms with E-state index in [2.05, 4.69) is 12.2 Å². The van der Waals surface area contributed by atoms with Crippen LogP contribution < -0.4 is 10.2 Å². The van der Waals surface area contributed by atoms with E-state index in [0.29, 0.717) is 13.1 Å². The minimum Gasteiger partial charge on any atom is -0.481 e. The monoisotopic (exact) mass is 276 g/mol. The van der Waals surface area contributed by atoms with E-state index in [4.69, 9.17) is 0 Å². The standard InChI is InChI=1S/C15H20N2O3/c1-2-3-8-16-14(18)10-17-9-12(15(19)20)11-6-4-5-7-13(11)17/h4-7,12H,2-3,8-10H2,1H3,(H,16,18)(H,19,20). The normalized spacial score (nSPS) is 16.9. The van der Waals surface area contributed by atoms with Gasteiger partial charge in [0, 0.05) is 18.8 Å². The van der Waals surface area contributed by atoms with E-state index in [0.717, 1.165) is 24.1 Å². The van der Waals surface area contributed by atoms with Gasteiger partial charge in [0.15, 0.2) is 0 Å². The topological polar surface area (TPSA) is 69.6 Å². The highest BCUT2D eigenvalue weighted by Gasteiger charge is 2.33. The molecule has 0 fully saturated rings. The van der Waals surface area contributed by atoms with Crippen LogP contribution in [0.2, 0.25) is 0 Å². The van der Waals surface area contributed by atoms with E-state index >= 15 is 0 Å². The number of para-hydroxylation sites is 1. The summed E-state index contributed by atoms with van der Waals surface area (Å²) in [5.74, 6) is -1.44. The highest BCUT2D eigenvalue weighted by atomic mass is 16.4. The van der Waals surface area contributed by atoms with Crippen molar-refractivity contribution in [3.8, 4) is 0 Å². The molecule has 108 valence electrons. The number of carbonyl (C=O) groups excluding carboxylic acids is 1. The number of nitrogens with one attached hydrogen (secondary N) is 1. The summed E-state index contributed by atoms with van der Waals surface area (Å²) in [4.78, 5) is 25.0. The summed E-state index contributed by atoms with van der Waals surface area (Å²) >= 11 is 0. The quantitative estimate of drug-likeness (QED) is 0.774. The number of anilines is 1. The molecule has 1 aromatic carbocycles. The molecule has 1 unspecified atom stereocenters. The molecule has 0 aliphatic carbocycles. The fourth-order valence-electron chi connectivity index (χ4n) is 2.48. The van der Waals surface area contributed by atoms with E-state index < -0.39 is 11.9 Å². The first-order chi connectivity index (χ1) is 9.63.